The molecule has 6 heteroatoms. The Hall–Kier alpha value is -2.21. The van der Waals surface area contributed by atoms with Crippen LogP contribution in [0.3, 0.4) is 0 Å². The quantitative estimate of drug-likeness (QED) is 0.792. The van der Waals surface area contributed by atoms with Crippen molar-refractivity contribution in [3.8, 4) is 0 Å². The molecule has 6 nitrogen and oxygen atoms in total. The first kappa shape index (κ1) is 12.8. The average molecular weight is 272 g/mol. The van der Waals surface area contributed by atoms with E-state index in [-0.39, 0.29) is 11.5 Å². The van der Waals surface area contributed by atoms with Crippen LogP contribution in [0.15, 0.2) is 29.1 Å². The summed E-state index contributed by atoms with van der Waals surface area (Å²) in [6.07, 6.45) is 0. The van der Waals surface area contributed by atoms with E-state index in [1.165, 1.54) is 4.68 Å². The molecule has 104 valence electrons. The van der Waals surface area contributed by atoms with Gasteiger partial charge >= 0.3 is 0 Å². The highest BCUT2D eigenvalue weighted by Crippen LogP contribution is 2.15. The zero-order valence-electron chi connectivity index (χ0n) is 11.3. The minimum Gasteiger partial charge on any atom is -0.335 e. The van der Waals surface area contributed by atoms with Crippen molar-refractivity contribution in [2.75, 3.05) is 26.2 Å². The van der Waals surface area contributed by atoms with E-state index in [0.717, 1.165) is 13.1 Å². The molecule has 0 saturated carbocycles. The zero-order chi connectivity index (χ0) is 14.1. The van der Waals surface area contributed by atoms with Crippen LogP contribution in [0.1, 0.15) is 10.5 Å². The van der Waals surface area contributed by atoms with Gasteiger partial charge in [0.2, 0.25) is 0 Å². The summed E-state index contributed by atoms with van der Waals surface area (Å²) in [5.74, 6) is -0.113. The number of nitrogens with zero attached hydrogens (tertiary/aromatic N) is 3. The third-order valence-corrected chi connectivity index (χ3v) is 3.56. The van der Waals surface area contributed by atoms with Crippen molar-refractivity contribution in [3.63, 3.8) is 0 Å². The molecule has 0 unspecified atom stereocenters. The second-order valence-corrected chi connectivity index (χ2v) is 4.87. The van der Waals surface area contributed by atoms with Gasteiger partial charge in [0.15, 0.2) is 5.69 Å². The molecule has 1 aromatic heterocycles. The Morgan fingerprint density at radius 2 is 1.85 bits per heavy atom. The predicted molar refractivity (Wildman–Crippen MR) is 75.8 cm³/mol. The van der Waals surface area contributed by atoms with E-state index in [0.29, 0.717) is 29.6 Å². The van der Waals surface area contributed by atoms with E-state index in [2.05, 4.69) is 10.4 Å². The highest BCUT2D eigenvalue weighted by Gasteiger charge is 2.22. The van der Waals surface area contributed by atoms with Crippen LogP contribution in [-0.4, -0.2) is 46.8 Å². The summed E-state index contributed by atoms with van der Waals surface area (Å²) in [5.41, 5.74) is 0.169. The smallest absolute Gasteiger partial charge is 0.275 e. The van der Waals surface area contributed by atoms with Gasteiger partial charge in [-0.25, -0.2) is 4.68 Å². The van der Waals surface area contributed by atoms with Crippen molar-refractivity contribution in [3.05, 3.63) is 40.3 Å². The molecule has 0 radical (unpaired) electrons. The number of fused-ring (bicyclic) bond motifs is 1. The highest BCUT2D eigenvalue weighted by atomic mass is 16.2. The molecule has 1 N–H and O–H groups in total. The van der Waals surface area contributed by atoms with E-state index in [4.69, 9.17) is 0 Å². The zero-order valence-corrected chi connectivity index (χ0v) is 11.3. The summed E-state index contributed by atoms with van der Waals surface area (Å²) >= 11 is 0. The van der Waals surface area contributed by atoms with Gasteiger partial charge in [-0.1, -0.05) is 18.2 Å². The number of aryl methyl sites for hydroxylation is 1. The largest absolute Gasteiger partial charge is 0.335 e. The fraction of sp³-hybridized carbons (Fsp3) is 0.357. The summed E-state index contributed by atoms with van der Waals surface area (Å²) in [4.78, 5) is 26.4. The molecular weight excluding hydrogens is 256 g/mol. The van der Waals surface area contributed by atoms with Crippen LogP contribution in [0.2, 0.25) is 0 Å². The Morgan fingerprint density at radius 3 is 2.55 bits per heavy atom. The van der Waals surface area contributed by atoms with Crippen LogP contribution in [0, 0.1) is 0 Å². The van der Waals surface area contributed by atoms with Crippen molar-refractivity contribution in [1.82, 2.24) is 20.0 Å². The van der Waals surface area contributed by atoms with Gasteiger partial charge in [0, 0.05) is 38.6 Å². The van der Waals surface area contributed by atoms with Crippen molar-refractivity contribution >= 4 is 16.7 Å². The van der Waals surface area contributed by atoms with Gasteiger partial charge in [-0.2, -0.15) is 5.10 Å². The minimum absolute atomic E-state index is 0.113. The van der Waals surface area contributed by atoms with Gasteiger partial charge in [0.1, 0.15) is 0 Å². The van der Waals surface area contributed by atoms with Crippen molar-refractivity contribution in [2.45, 2.75) is 0 Å². The van der Waals surface area contributed by atoms with Crippen LogP contribution < -0.4 is 10.9 Å². The van der Waals surface area contributed by atoms with Gasteiger partial charge in [0.05, 0.1) is 5.39 Å². The first-order valence-corrected chi connectivity index (χ1v) is 6.64. The monoisotopic (exact) mass is 272 g/mol. The van der Waals surface area contributed by atoms with E-state index in [1.807, 2.05) is 6.07 Å². The number of amides is 1. The molecule has 0 spiro atoms. The average Bonchev–Trinajstić information content (AvgIpc) is 2.51. The minimum atomic E-state index is -0.183. The molecule has 2 heterocycles. The third-order valence-electron chi connectivity index (χ3n) is 3.56. The van der Waals surface area contributed by atoms with Crippen LogP contribution >= 0.6 is 0 Å². The molecule has 1 aliphatic heterocycles. The Bertz CT molecular complexity index is 717. The normalized spacial score (nSPS) is 15.6. The van der Waals surface area contributed by atoms with E-state index >= 15 is 0 Å². The number of carbonyl (C=O) groups is 1. The number of benzene rings is 1. The van der Waals surface area contributed by atoms with Crippen LogP contribution in [-0.2, 0) is 7.05 Å². The van der Waals surface area contributed by atoms with Crippen molar-refractivity contribution in [2.24, 2.45) is 7.05 Å². The van der Waals surface area contributed by atoms with Crippen LogP contribution in [0.5, 0.6) is 0 Å². The van der Waals surface area contributed by atoms with Gasteiger partial charge < -0.3 is 10.2 Å². The second-order valence-electron chi connectivity index (χ2n) is 4.87. The molecule has 1 saturated heterocycles. The van der Waals surface area contributed by atoms with Gasteiger partial charge in [0.25, 0.3) is 11.5 Å². The lowest BCUT2D eigenvalue weighted by Gasteiger charge is -2.27. The lowest BCUT2D eigenvalue weighted by atomic mass is 10.1. The SMILES string of the molecule is Cn1nc(C(=O)N2CCNCC2)c2ccccc2c1=O. The lowest BCUT2D eigenvalue weighted by Crippen LogP contribution is -2.47. The molecule has 3 rings (SSSR count). The van der Waals surface area contributed by atoms with E-state index < -0.39 is 0 Å². The van der Waals surface area contributed by atoms with Crippen molar-refractivity contribution < 1.29 is 4.79 Å². The Kier molecular flexibility index (Phi) is 3.23. The Morgan fingerprint density at radius 1 is 1.20 bits per heavy atom. The Labute approximate surface area is 116 Å². The molecule has 2 aromatic rings. The fourth-order valence-electron chi connectivity index (χ4n) is 2.48. The van der Waals surface area contributed by atoms with E-state index in [1.54, 1.807) is 30.1 Å². The first-order valence-electron chi connectivity index (χ1n) is 6.64. The van der Waals surface area contributed by atoms with Crippen LogP contribution in [0.4, 0.5) is 0 Å². The molecule has 0 atom stereocenters. The number of rotatable bonds is 1. The number of hydrogen-bond donors (Lipinski definition) is 1. The molecule has 0 bridgehead atoms. The molecule has 1 aromatic carbocycles. The number of aromatic nitrogens is 2. The summed E-state index contributed by atoms with van der Waals surface area (Å²) < 4.78 is 1.23. The molecule has 0 aliphatic carbocycles. The molecule has 20 heavy (non-hydrogen) atoms. The predicted octanol–water partition coefficient (Wildman–Crippen LogP) is -0.0211. The van der Waals surface area contributed by atoms with E-state index in [9.17, 15) is 9.59 Å². The van der Waals surface area contributed by atoms with Gasteiger partial charge in [-0.05, 0) is 6.07 Å². The topological polar surface area (TPSA) is 67.2 Å². The number of hydrogen-bond acceptors (Lipinski definition) is 4. The first-order chi connectivity index (χ1) is 9.68. The molecule has 1 aliphatic rings. The maximum Gasteiger partial charge on any atom is 0.275 e. The van der Waals surface area contributed by atoms with Gasteiger partial charge in [-0.3, -0.25) is 9.59 Å². The standard InChI is InChI=1S/C14H16N4O2/c1-17-13(19)11-5-3-2-4-10(11)12(16-17)14(20)18-8-6-15-7-9-18/h2-5,15H,6-9H2,1H3. The summed E-state index contributed by atoms with van der Waals surface area (Å²) in [5, 5.41) is 8.53. The fourth-order valence-corrected chi connectivity index (χ4v) is 2.48. The maximum absolute atomic E-state index is 12.6. The molecule has 1 amide bonds. The third kappa shape index (κ3) is 2.08. The summed E-state index contributed by atoms with van der Waals surface area (Å²) in [6, 6.07) is 7.12. The highest BCUT2D eigenvalue weighted by molar-refractivity contribution is 6.04. The summed E-state index contributed by atoms with van der Waals surface area (Å²) in [6.45, 7) is 2.90. The number of carbonyl (C=O) groups excluding carboxylic acids is 1. The number of piperazine rings is 1. The van der Waals surface area contributed by atoms with Crippen molar-refractivity contribution in [1.29, 1.82) is 0 Å². The second kappa shape index (κ2) is 5.05. The lowest BCUT2D eigenvalue weighted by molar-refractivity contribution is 0.0729. The number of nitrogens with one attached hydrogen (secondary N) is 1. The molecular formula is C14H16N4O2. The summed E-state index contributed by atoms with van der Waals surface area (Å²) in [7, 11) is 1.57. The maximum atomic E-state index is 12.6. The van der Waals surface area contributed by atoms with Crippen LogP contribution in [0.25, 0.3) is 10.8 Å². The molecule has 1 fully saturated rings. The van der Waals surface area contributed by atoms with Gasteiger partial charge in [-0.15, -0.1) is 0 Å². The Balaban J connectivity index is 2.13.